The van der Waals surface area contributed by atoms with Gasteiger partial charge in [0, 0.05) is 32.4 Å². The van der Waals surface area contributed by atoms with E-state index in [1.807, 2.05) is 0 Å². The minimum Gasteiger partial charge on any atom is -0.497 e. The molecule has 0 unspecified atom stereocenters. The monoisotopic (exact) mass is 421 g/mol. The molecule has 1 amide bonds. The summed E-state index contributed by atoms with van der Waals surface area (Å²) in [4.78, 5) is 12.9. The lowest BCUT2D eigenvalue weighted by molar-refractivity contribution is 0.101. The number of aromatic nitrogens is 1. The van der Waals surface area contributed by atoms with Crippen molar-refractivity contribution in [3.8, 4) is 11.5 Å². The number of anilines is 1. The molecule has 0 radical (unpaired) electrons. The Morgan fingerprint density at radius 3 is 2.45 bits per heavy atom. The van der Waals surface area contributed by atoms with Crippen molar-refractivity contribution < 1.29 is 22.7 Å². The van der Waals surface area contributed by atoms with Crippen LogP contribution in [0.2, 0.25) is 0 Å². The molecular weight excluding hydrogens is 394 g/mol. The van der Waals surface area contributed by atoms with E-state index in [1.165, 1.54) is 28.2 Å². The maximum absolute atomic E-state index is 13.0. The molecule has 8 nitrogen and oxygen atoms in total. The molecule has 3 rings (SSSR count). The van der Waals surface area contributed by atoms with Gasteiger partial charge in [0.1, 0.15) is 22.1 Å². The van der Waals surface area contributed by atoms with Crippen molar-refractivity contribution in [1.82, 2.24) is 8.87 Å². The predicted molar refractivity (Wildman–Crippen MR) is 110 cm³/mol. The van der Waals surface area contributed by atoms with Gasteiger partial charge < -0.3 is 19.4 Å². The number of carbonyl (C=O) groups is 1. The average Bonchev–Trinajstić information content (AvgIpc) is 3.11. The number of hydrogen-bond donors (Lipinski definition) is 1. The first-order valence-electron chi connectivity index (χ1n) is 9.46. The number of rotatable bonds is 6. The average molecular weight is 422 g/mol. The zero-order valence-corrected chi connectivity index (χ0v) is 18.0. The van der Waals surface area contributed by atoms with Crippen molar-refractivity contribution in [2.24, 2.45) is 13.0 Å². The van der Waals surface area contributed by atoms with Gasteiger partial charge in [-0.15, -0.1) is 0 Å². The highest BCUT2D eigenvalue weighted by molar-refractivity contribution is 7.89. The number of hydrogen-bond acceptors (Lipinski definition) is 5. The number of amides is 1. The van der Waals surface area contributed by atoms with Crippen LogP contribution in [0.15, 0.2) is 35.4 Å². The maximum Gasteiger partial charge on any atom is 0.272 e. The number of aryl methyl sites for hydroxylation is 1. The Kier molecular flexibility index (Phi) is 6.18. The molecule has 0 atom stereocenters. The molecule has 29 heavy (non-hydrogen) atoms. The molecule has 9 heteroatoms. The summed E-state index contributed by atoms with van der Waals surface area (Å²) in [6.07, 6.45) is 3.17. The van der Waals surface area contributed by atoms with Crippen molar-refractivity contribution >= 4 is 21.6 Å². The van der Waals surface area contributed by atoms with E-state index in [9.17, 15) is 13.2 Å². The number of carbonyl (C=O) groups excluding carboxylic acids is 1. The van der Waals surface area contributed by atoms with Crippen LogP contribution in [0.3, 0.4) is 0 Å². The van der Waals surface area contributed by atoms with E-state index in [1.54, 1.807) is 32.4 Å². The first-order chi connectivity index (χ1) is 13.8. The molecule has 1 aromatic carbocycles. The van der Waals surface area contributed by atoms with Crippen LogP contribution in [0.5, 0.6) is 11.5 Å². The highest BCUT2D eigenvalue weighted by atomic mass is 32.2. The molecule has 2 aromatic rings. The predicted octanol–water partition coefficient (Wildman–Crippen LogP) is 2.72. The third kappa shape index (κ3) is 4.40. The molecule has 1 saturated heterocycles. The summed E-state index contributed by atoms with van der Waals surface area (Å²) in [5, 5.41) is 2.77. The van der Waals surface area contributed by atoms with Crippen LogP contribution < -0.4 is 14.8 Å². The van der Waals surface area contributed by atoms with Gasteiger partial charge in [-0.25, -0.2) is 8.42 Å². The van der Waals surface area contributed by atoms with Gasteiger partial charge in [0.15, 0.2) is 0 Å². The molecule has 1 fully saturated rings. The maximum atomic E-state index is 13.0. The Hall–Kier alpha value is -2.52. The first-order valence-corrected chi connectivity index (χ1v) is 10.9. The second-order valence-corrected chi connectivity index (χ2v) is 9.22. The summed E-state index contributed by atoms with van der Waals surface area (Å²) < 4.78 is 39.4. The minimum atomic E-state index is -3.62. The van der Waals surface area contributed by atoms with Gasteiger partial charge in [0.2, 0.25) is 10.0 Å². The Balaban J connectivity index is 1.82. The van der Waals surface area contributed by atoms with Crippen molar-refractivity contribution in [3.05, 3.63) is 36.2 Å². The van der Waals surface area contributed by atoms with Gasteiger partial charge in [-0.05, 0) is 37.0 Å². The second kappa shape index (κ2) is 8.46. The quantitative estimate of drug-likeness (QED) is 0.775. The number of ether oxygens (including phenoxy) is 2. The summed E-state index contributed by atoms with van der Waals surface area (Å²) in [7, 11) is 1.07. The number of benzene rings is 1. The smallest absolute Gasteiger partial charge is 0.272 e. The molecule has 1 aliphatic rings. The van der Waals surface area contributed by atoms with Gasteiger partial charge in [0.05, 0.1) is 19.9 Å². The van der Waals surface area contributed by atoms with E-state index in [2.05, 4.69) is 12.2 Å². The summed E-state index contributed by atoms with van der Waals surface area (Å²) in [5.74, 6) is 1.15. The van der Waals surface area contributed by atoms with Crippen molar-refractivity contribution in [2.45, 2.75) is 24.7 Å². The minimum absolute atomic E-state index is 0.126. The molecule has 1 aromatic heterocycles. The zero-order chi connectivity index (χ0) is 21.2. The van der Waals surface area contributed by atoms with Crippen LogP contribution in [-0.4, -0.2) is 50.5 Å². The van der Waals surface area contributed by atoms with Gasteiger partial charge >= 0.3 is 0 Å². The van der Waals surface area contributed by atoms with Crippen LogP contribution >= 0.6 is 0 Å². The summed E-state index contributed by atoms with van der Waals surface area (Å²) >= 11 is 0. The van der Waals surface area contributed by atoms with E-state index in [4.69, 9.17) is 9.47 Å². The van der Waals surface area contributed by atoms with Crippen molar-refractivity contribution in [3.63, 3.8) is 0 Å². The lowest BCUT2D eigenvalue weighted by Crippen LogP contribution is -2.37. The Morgan fingerprint density at radius 2 is 1.83 bits per heavy atom. The Morgan fingerprint density at radius 1 is 1.14 bits per heavy atom. The SMILES string of the molecule is COc1ccc(NC(=O)c2cc(S(=O)(=O)N3CCC(C)CC3)cn2C)c(OC)c1. The van der Waals surface area contributed by atoms with Gasteiger partial charge in [0.25, 0.3) is 5.91 Å². The fraction of sp³-hybridized carbons (Fsp3) is 0.450. The Labute approximate surface area is 171 Å². The molecule has 0 spiro atoms. The topological polar surface area (TPSA) is 89.9 Å². The highest BCUT2D eigenvalue weighted by Gasteiger charge is 2.30. The summed E-state index contributed by atoms with van der Waals surface area (Å²) in [5.41, 5.74) is 0.709. The van der Waals surface area contributed by atoms with Crippen molar-refractivity contribution in [2.75, 3.05) is 32.6 Å². The van der Waals surface area contributed by atoms with E-state index in [-0.39, 0.29) is 10.6 Å². The number of nitrogens with one attached hydrogen (secondary N) is 1. The third-order valence-electron chi connectivity index (χ3n) is 5.25. The number of sulfonamides is 1. The van der Waals surface area contributed by atoms with Crippen LogP contribution in [0, 0.1) is 5.92 Å². The highest BCUT2D eigenvalue weighted by Crippen LogP contribution is 2.30. The fourth-order valence-corrected chi connectivity index (χ4v) is 4.91. The third-order valence-corrected chi connectivity index (χ3v) is 7.11. The largest absolute Gasteiger partial charge is 0.497 e. The standard InChI is InChI=1S/C20H27N3O5S/c1-14-7-9-23(10-8-14)29(25,26)16-12-18(22(2)13-16)20(24)21-17-6-5-15(27-3)11-19(17)28-4/h5-6,11-14H,7-10H2,1-4H3,(H,21,24). The summed E-state index contributed by atoms with van der Waals surface area (Å²) in [6.45, 7) is 3.13. The molecule has 2 heterocycles. The summed E-state index contributed by atoms with van der Waals surface area (Å²) in [6, 6.07) is 6.45. The van der Waals surface area contributed by atoms with E-state index >= 15 is 0 Å². The van der Waals surface area contributed by atoms with Gasteiger partial charge in [-0.3, -0.25) is 4.79 Å². The normalized spacial score (nSPS) is 15.9. The fourth-order valence-electron chi connectivity index (χ4n) is 3.36. The van der Waals surface area contributed by atoms with Gasteiger partial charge in [-0.1, -0.05) is 6.92 Å². The number of piperidine rings is 1. The second-order valence-electron chi connectivity index (χ2n) is 7.28. The lowest BCUT2D eigenvalue weighted by atomic mass is 10.0. The van der Waals surface area contributed by atoms with E-state index < -0.39 is 15.9 Å². The zero-order valence-electron chi connectivity index (χ0n) is 17.1. The van der Waals surface area contributed by atoms with Gasteiger partial charge in [-0.2, -0.15) is 4.31 Å². The number of nitrogens with zero attached hydrogens (tertiary/aromatic N) is 2. The van der Waals surface area contributed by atoms with E-state index in [0.717, 1.165) is 12.8 Å². The van der Waals surface area contributed by atoms with Crippen LogP contribution in [0.25, 0.3) is 0 Å². The molecular formula is C20H27N3O5S. The van der Waals surface area contributed by atoms with Crippen LogP contribution in [-0.2, 0) is 17.1 Å². The lowest BCUT2D eigenvalue weighted by Gasteiger charge is -2.29. The molecule has 1 aliphatic heterocycles. The first kappa shape index (κ1) is 21.2. The van der Waals surface area contributed by atoms with E-state index in [0.29, 0.717) is 36.2 Å². The molecule has 0 aliphatic carbocycles. The molecule has 158 valence electrons. The Bertz CT molecular complexity index is 992. The van der Waals surface area contributed by atoms with Crippen molar-refractivity contribution in [1.29, 1.82) is 0 Å². The molecule has 1 N–H and O–H groups in total. The number of methoxy groups -OCH3 is 2. The van der Waals surface area contributed by atoms with Crippen LogP contribution in [0.1, 0.15) is 30.3 Å². The molecule has 0 bridgehead atoms. The molecule has 0 saturated carbocycles. The van der Waals surface area contributed by atoms with Crippen LogP contribution in [0.4, 0.5) is 5.69 Å².